The van der Waals surface area contributed by atoms with Crippen molar-refractivity contribution in [3.05, 3.63) is 29.8 Å². The second-order valence-electron chi connectivity index (χ2n) is 4.69. The third-order valence-electron chi connectivity index (χ3n) is 2.51. The number of carbonyl (C=O) groups is 1. The molecule has 6 nitrogen and oxygen atoms in total. The molecule has 7 heteroatoms. The molecule has 0 aliphatic heterocycles. The van der Waals surface area contributed by atoms with Gasteiger partial charge < -0.3 is 15.7 Å². The highest BCUT2D eigenvalue weighted by molar-refractivity contribution is 7.90. The Morgan fingerprint density at radius 3 is 2.40 bits per heavy atom. The SMILES string of the molecule is CC(CS(C)(=O)=O)Nc1ccc(C(=O)NCCO)cc1. The van der Waals surface area contributed by atoms with E-state index in [0.29, 0.717) is 5.56 Å². The van der Waals surface area contributed by atoms with Gasteiger partial charge in [0.05, 0.1) is 12.4 Å². The van der Waals surface area contributed by atoms with Crippen LogP contribution in [0.25, 0.3) is 0 Å². The minimum atomic E-state index is -3.03. The lowest BCUT2D eigenvalue weighted by molar-refractivity contribution is 0.0945. The molecule has 1 aromatic rings. The number of amides is 1. The van der Waals surface area contributed by atoms with E-state index in [2.05, 4.69) is 10.6 Å². The van der Waals surface area contributed by atoms with Crippen molar-refractivity contribution in [2.75, 3.05) is 30.5 Å². The minimum absolute atomic E-state index is 0.0474. The van der Waals surface area contributed by atoms with Crippen molar-refractivity contribution in [2.45, 2.75) is 13.0 Å². The zero-order chi connectivity index (χ0) is 15.2. The van der Waals surface area contributed by atoms with Crippen LogP contribution in [0.15, 0.2) is 24.3 Å². The van der Waals surface area contributed by atoms with E-state index in [9.17, 15) is 13.2 Å². The number of rotatable bonds is 7. The highest BCUT2D eigenvalue weighted by atomic mass is 32.2. The first-order chi connectivity index (χ1) is 9.31. The maximum Gasteiger partial charge on any atom is 0.251 e. The number of hydrogen-bond donors (Lipinski definition) is 3. The fourth-order valence-electron chi connectivity index (χ4n) is 1.77. The van der Waals surface area contributed by atoms with Gasteiger partial charge in [-0.25, -0.2) is 8.42 Å². The summed E-state index contributed by atoms with van der Waals surface area (Å²) in [5.41, 5.74) is 1.24. The summed E-state index contributed by atoms with van der Waals surface area (Å²) in [4.78, 5) is 11.6. The van der Waals surface area contributed by atoms with Crippen LogP contribution in [-0.4, -0.2) is 50.6 Å². The van der Waals surface area contributed by atoms with Gasteiger partial charge in [-0.05, 0) is 31.2 Å². The molecule has 1 rings (SSSR count). The molecule has 0 saturated heterocycles. The van der Waals surface area contributed by atoms with Crippen LogP contribution in [0.2, 0.25) is 0 Å². The summed E-state index contributed by atoms with van der Waals surface area (Å²) in [6.07, 6.45) is 1.19. The maximum absolute atomic E-state index is 11.6. The van der Waals surface area contributed by atoms with Gasteiger partial charge in [-0.1, -0.05) is 0 Å². The standard InChI is InChI=1S/C13H20N2O4S/c1-10(9-20(2,18)19)15-12-5-3-11(4-6-12)13(17)14-7-8-16/h3-6,10,15-16H,7-9H2,1-2H3,(H,14,17). The van der Waals surface area contributed by atoms with Gasteiger partial charge in [0.15, 0.2) is 0 Å². The lowest BCUT2D eigenvalue weighted by atomic mass is 10.2. The molecule has 1 aromatic carbocycles. The van der Waals surface area contributed by atoms with E-state index in [1.807, 2.05) is 0 Å². The Morgan fingerprint density at radius 1 is 1.30 bits per heavy atom. The van der Waals surface area contributed by atoms with Crippen LogP contribution in [0.3, 0.4) is 0 Å². The predicted molar refractivity (Wildman–Crippen MR) is 78.7 cm³/mol. The molecule has 0 radical (unpaired) electrons. The van der Waals surface area contributed by atoms with E-state index >= 15 is 0 Å². The molecule has 20 heavy (non-hydrogen) atoms. The Labute approximate surface area is 119 Å². The number of sulfone groups is 1. The van der Waals surface area contributed by atoms with Gasteiger partial charge in [0.25, 0.3) is 5.91 Å². The first-order valence-electron chi connectivity index (χ1n) is 6.25. The Morgan fingerprint density at radius 2 is 1.90 bits per heavy atom. The van der Waals surface area contributed by atoms with E-state index in [1.54, 1.807) is 31.2 Å². The van der Waals surface area contributed by atoms with Gasteiger partial charge in [-0.2, -0.15) is 0 Å². The van der Waals surface area contributed by atoms with Crippen molar-refractivity contribution in [3.8, 4) is 0 Å². The van der Waals surface area contributed by atoms with Crippen molar-refractivity contribution in [1.82, 2.24) is 5.32 Å². The van der Waals surface area contributed by atoms with E-state index in [0.717, 1.165) is 5.69 Å². The van der Waals surface area contributed by atoms with Crippen LogP contribution in [0.1, 0.15) is 17.3 Å². The number of benzene rings is 1. The number of carbonyl (C=O) groups excluding carboxylic acids is 1. The number of nitrogens with one attached hydrogen (secondary N) is 2. The summed E-state index contributed by atoms with van der Waals surface area (Å²) in [5, 5.41) is 14.2. The summed E-state index contributed by atoms with van der Waals surface area (Å²) in [5.74, 6) is -0.207. The van der Waals surface area contributed by atoms with Crippen molar-refractivity contribution in [1.29, 1.82) is 0 Å². The fraction of sp³-hybridized carbons (Fsp3) is 0.462. The van der Waals surface area contributed by atoms with Crippen LogP contribution in [0.4, 0.5) is 5.69 Å². The van der Waals surface area contributed by atoms with Crippen LogP contribution in [0, 0.1) is 0 Å². The molecule has 3 N–H and O–H groups in total. The van der Waals surface area contributed by atoms with Crippen LogP contribution in [0.5, 0.6) is 0 Å². The molecule has 1 atom stereocenters. The zero-order valence-corrected chi connectivity index (χ0v) is 12.4. The molecule has 0 spiro atoms. The first-order valence-corrected chi connectivity index (χ1v) is 8.31. The molecule has 0 aliphatic carbocycles. The molecule has 0 fully saturated rings. The van der Waals surface area contributed by atoms with Gasteiger partial charge in [0.1, 0.15) is 9.84 Å². The zero-order valence-electron chi connectivity index (χ0n) is 11.6. The molecular weight excluding hydrogens is 280 g/mol. The minimum Gasteiger partial charge on any atom is -0.395 e. The van der Waals surface area contributed by atoms with E-state index in [1.165, 1.54) is 6.26 Å². The van der Waals surface area contributed by atoms with Crippen molar-refractivity contribution in [3.63, 3.8) is 0 Å². The van der Waals surface area contributed by atoms with Crippen LogP contribution < -0.4 is 10.6 Å². The van der Waals surface area contributed by atoms with E-state index in [-0.39, 0.29) is 30.9 Å². The molecule has 0 bridgehead atoms. The number of hydrogen-bond acceptors (Lipinski definition) is 5. The van der Waals surface area contributed by atoms with Crippen LogP contribution in [-0.2, 0) is 9.84 Å². The molecule has 0 aromatic heterocycles. The topological polar surface area (TPSA) is 95.5 Å². The second-order valence-corrected chi connectivity index (χ2v) is 6.88. The Bertz CT molecular complexity index is 540. The largest absolute Gasteiger partial charge is 0.395 e. The third kappa shape index (κ3) is 6.03. The van der Waals surface area contributed by atoms with Crippen molar-refractivity contribution >= 4 is 21.4 Å². The molecule has 1 unspecified atom stereocenters. The van der Waals surface area contributed by atoms with Gasteiger partial charge in [-0.3, -0.25) is 4.79 Å². The Kier molecular flexibility index (Phi) is 5.97. The predicted octanol–water partition coefficient (Wildman–Crippen LogP) is 0.254. The highest BCUT2D eigenvalue weighted by Gasteiger charge is 2.10. The highest BCUT2D eigenvalue weighted by Crippen LogP contribution is 2.11. The fourth-order valence-corrected chi connectivity index (χ4v) is 2.76. The average Bonchev–Trinajstić information content (AvgIpc) is 2.34. The lowest BCUT2D eigenvalue weighted by Gasteiger charge is -2.14. The molecule has 0 heterocycles. The number of aliphatic hydroxyl groups excluding tert-OH is 1. The summed E-state index contributed by atoms with van der Waals surface area (Å²) in [7, 11) is -3.03. The Hall–Kier alpha value is -1.60. The van der Waals surface area contributed by atoms with Gasteiger partial charge in [0.2, 0.25) is 0 Å². The quantitative estimate of drug-likeness (QED) is 0.671. The number of anilines is 1. The van der Waals surface area contributed by atoms with Gasteiger partial charge >= 0.3 is 0 Å². The monoisotopic (exact) mass is 300 g/mol. The normalized spacial score (nSPS) is 12.8. The molecule has 1 amide bonds. The molecule has 112 valence electrons. The summed E-state index contributed by atoms with van der Waals surface area (Å²) in [6, 6.07) is 6.50. The summed E-state index contributed by atoms with van der Waals surface area (Å²) < 4.78 is 22.3. The van der Waals surface area contributed by atoms with E-state index in [4.69, 9.17) is 5.11 Å². The summed E-state index contributed by atoms with van der Waals surface area (Å²) in [6.45, 7) is 1.89. The Balaban J connectivity index is 2.60. The average molecular weight is 300 g/mol. The third-order valence-corrected chi connectivity index (χ3v) is 3.62. The second kappa shape index (κ2) is 7.25. The van der Waals surface area contributed by atoms with Gasteiger partial charge in [0, 0.05) is 30.1 Å². The van der Waals surface area contributed by atoms with Crippen molar-refractivity contribution in [2.24, 2.45) is 0 Å². The smallest absolute Gasteiger partial charge is 0.251 e. The van der Waals surface area contributed by atoms with Gasteiger partial charge in [-0.15, -0.1) is 0 Å². The van der Waals surface area contributed by atoms with Crippen molar-refractivity contribution < 1.29 is 18.3 Å². The number of aliphatic hydroxyl groups is 1. The first kappa shape index (κ1) is 16.5. The molecule has 0 saturated carbocycles. The molecular formula is C13H20N2O4S. The molecule has 0 aliphatic rings. The lowest BCUT2D eigenvalue weighted by Crippen LogP contribution is -2.26. The summed E-state index contributed by atoms with van der Waals surface area (Å²) >= 11 is 0. The van der Waals surface area contributed by atoms with E-state index < -0.39 is 9.84 Å². The maximum atomic E-state index is 11.6. The van der Waals surface area contributed by atoms with Crippen LogP contribution >= 0.6 is 0 Å².